The van der Waals surface area contributed by atoms with E-state index in [9.17, 15) is 18.4 Å². The molecule has 0 bridgehead atoms. The minimum atomic E-state index is -0.686. The lowest BCUT2D eigenvalue weighted by Gasteiger charge is -2.23. The number of halogens is 2. The largest absolute Gasteiger partial charge is 0.339 e. The fourth-order valence-electron chi connectivity index (χ4n) is 3.11. The highest BCUT2D eigenvalue weighted by Crippen LogP contribution is 2.24. The highest BCUT2D eigenvalue weighted by Gasteiger charge is 2.34. The fourth-order valence-corrected chi connectivity index (χ4v) is 4.29. The van der Waals surface area contributed by atoms with Crippen LogP contribution in [0.3, 0.4) is 0 Å². The molecule has 0 radical (unpaired) electrons. The van der Waals surface area contributed by atoms with Crippen LogP contribution in [0.5, 0.6) is 0 Å². The molecule has 3 aromatic rings. The number of hydrogen-bond donors (Lipinski definition) is 1. The number of aryl methyl sites for hydroxylation is 1. The van der Waals surface area contributed by atoms with Gasteiger partial charge in [-0.25, -0.2) is 8.78 Å². The molecule has 1 atom stereocenters. The number of nitrogens with zero attached hydrogens (tertiary/aromatic N) is 3. The van der Waals surface area contributed by atoms with E-state index in [2.05, 4.69) is 15.5 Å². The summed E-state index contributed by atoms with van der Waals surface area (Å²) in [6.07, 6.45) is 0.283. The molecule has 2 amide bonds. The normalized spacial score (nSPS) is 15.8. The van der Waals surface area contributed by atoms with Gasteiger partial charge in [-0.3, -0.25) is 9.59 Å². The van der Waals surface area contributed by atoms with E-state index in [1.54, 1.807) is 6.07 Å². The van der Waals surface area contributed by atoms with Crippen LogP contribution in [0.4, 0.5) is 14.5 Å². The zero-order chi connectivity index (χ0) is 21.8. The predicted molar refractivity (Wildman–Crippen MR) is 111 cm³/mol. The lowest BCUT2D eigenvalue weighted by atomic mass is 10.2. The molecule has 1 saturated heterocycles. The number of rotatable bonds is 6. The van der Waals surface area contributed by atoms with Gasteiger partial charge in [0.1, 0.15) is 17.7 Å². The molecule has 4 rings (SSSR count). The molecule has 7 nitrogen and oxygen atoms in total. The minimum Gasteiger partial charge on any atom is -0.339 e. The number of aromatic nitrogens is 2. The Morgan fingerprint density at radius 1 is 1.16 bits per heavy atom. The quantitative estimate of drug-likeness (QED) is 0.626. The molecular formula is C21H18F2N4O3S. The first kappa shape index (κ1) is 21.0. The summed E-state index contributed by atoms with van der Waals surface area (Å²) < 4.78 is 32.0. The lowest BCUT2D eigenvalue weighted by Crippen LogP contribution is -2.44. The number of nitrogens with one attached hydrogen (secondary N) is 1. The van der Waals surface area contributed by atoms with Gasteiger partial charge >= 0.3 is 0 Å². The Morgan fingerprint density at radius 2 is 1.94 bits per heavy atom. The van der Waals surface area contributed by atoms with Crippen LogP contribution in [0.15, 0.2) is 53.1 Å². The average Bonchev–Trinajstić information content (AvgIpc) is 3.44. The Hall–Kier alpha value is -3.27. The predicted octanol–water partition coefficient (Wildman–Crippen LogP) is 3.49. The van der Waals surface area contributed by atoms with Gasteiger partial charge in [0.15, 0.2) is 0 Å². The van der Waals surface area contributed by atoms with Gasteiger partial charge in [-0.05, 0) is 36.4 Å². The number of carbonyl (C=O) groups excluding carboxylic acids is 2. The number of anilines is 1. The summed E-state index contributed by atoms with van der Waals surface area (Å²) in [6, 6.07) is 10.9. The molecule has 160 valence electrons. The van der Waals surface area contributed by atoms with E-state index in [1.807, 2.05) is 0 Å². The Labute approximate surface area is 180 Å². The second-order valence-corrected chi connectivity index (χ2v) is 7.87. The Balaban J connectivity index is 1.35. The molecule has 1 N–H and O–H groups in total. The number of carbonyl (C=O) groups is 2. The lowest BCUT2D eigenvalue weighted by molar-refractivity contribution is -0.136. The van der Waals surface area contributed by atoms with E-state index in [0.717, 1.165) is 0 Å². The van der Waals surface area contributed by atoms with Gasteiger partial charge in [0.05, 0.1) is 11.6 Å². The van der Waals surface area contributed by atoms with Crippen LogP contribution in [0, 0.1) is 11.6 Å². The van der Waals surface area contributed by atoms with Crippen molar-refractivity contribution in [1.29, 1.82) is 0 Å². The first-order chi connectivity index (χ1) is 15.0. The third-order valence-electron chi connectivity index (χ3n) is 4.76. The molecule has 2 aromatic carbocycles. The zero-order valence-electron chi connectivity index (χ0n) is 16.3. The standard InChI is InChI=1S/C21H18F2N4O3S/c22-14-7-5-13(6-8-14)20-25-18(30-26-20)9-10-19(28)27-12-31-11-17(27)21(29)24-16-4-2-1-3-15(16)23/h1-8,17H,9-12H2,(H,24,29)/t17-/m1/s1. The molecule has 0 spiro atoms. The van der Waals surface area contributed by atoms with E-state index in [0.29, 0.717) is 23.0 Å². The smallest absolute Gasteiger partial charge is 0.248 e. The van der Waals surface area contributed by atoms with Gasteiger partial charge in [-0.15, -0.1) is 11.8 Å². The maximum atomic E-state index is 13.8. The fraction of sp³-hybridized carbons (Fsp3) is 0.238. The number of hydrogen-bond acceptors (Lipinski definition) is 6. The molecule has 10 heteroatoms. The van der Waals surface area contributed by atoms with Gasteiger partial charge < -0.3 is 14.7 Å². The number of thioether (sulfide) groups is 1. The molecule has 0 unspecified atom stereocenters. The Kier molecular flexibility index (Phi) is 6.26. The highest BCUT2D eigenvalue weighted by atomic mass is 32.2. The third kappa shape index (κ3) is 4.91. The average molecular weight is 444 g/mol. The van der Waals surface area contributed by atoms with Gasteiger partial charge in [-0.2, -0.15) is 4.98 Å². The third-order valence-corrected chi connectivity index (χ3v) is 5.77. The van der Waals surface area contributed by atoms with Crippen LogP contribution in [0.25, 0.3) is 11.4 Å². The van der Waals surface area contributed by atoms with Gasteiger partial charge in [0, 0.05) is 24.2 Å². The Morgan fingerprint density at radius 3 is 2.71 bits per heavy atom. The molecule has 0 saturated carbocycles. The van der Waals surface area contributed by atoms with Crippen LogP contribution >= 0.6 is 11.8 Å². The molecular weight excluding hydrogens is 426 g/mol. The minimum absolute atomic E-state index is 0.0785. The second kappa shape index (κ2) is 9.25. The van der Waals surface area contributed by atoms with E-state index < -0.39 is 17.8 Å². The van der Waals surface area contributed by atoms with Crippen molar-refractivity contribution < 1.29 is 22.9 Å². The van der Waals surface area contributed by atoms with Gasteiger partial charge in [0.2, 0.25) is 23.5 Å². The first-order valence-electron chi connectivity index (χ1n) is 9.52. The van der Waals surface area contributed by atoms with Crippen LogP contribution in [-0.4, -0.2) is 44.5 Å². The zero-order valence-corrected chi connectivity index (χ0v) is 17.1. The second-order valence-electron chi connectivity index (χ2n) is 6.87. The molecule has 31 heavy (non-hydrogen) atoms. The molecule has 2 heterocycles. The van der Waals surface area contributed by atoms with Crippen LogP contribution in [0.2, 0.25) is 0 Å². The summed E-state index contributed by atoms with van der Waals surface area (Å²) in [5.41, 5.74) is 0.680. The number of benzene rings is 2. The van der Waals surface area contributed by atoms with Crippen molar-refractivity contribution in [1.82, 2.24) is 15.0 Å². The maximum Gasteiger partial charge on any atom is 0.248 e. The molecule has 1 aliphatic heterocycles. The summed E-state index contributed by atoms with van der Waals surface area (Å²) in [6.45, 7) is 0. The summed E-state index contributed by atoms with van der Waals surface area (Å²) in [7, 11) is 0. The van der Waals surface area contributed by atoms with E-state index in [4.69, 9.17) is 4.52 Å². The van der Waals surface area contributed by atoms with Crippen molar-refractivity contribution in [3.05, 3.63) is 66.1 Å². The molecule has 0 aliphatic carbocycles. The van der Waals surface area contributed by atoms with Crippen molar-refractivity contribution in [2.24, 2.45) is 0 Å². The van der Waals surface area contributed by atoms with Crippen molar-refractivity contribution >= 4 is 29.3 Å². The highest BCUT2D eigenvalue weighted by molar-refractivity contribution is 7.99. The van der Waals surface area contributed by atoms with Crippen molar-refractivity contribution in [3.63, 3.8) is 0 Å². The molecule has 1 aromatic heterocycles. The maximum absolute atomic E-state index is 13.8. The summed E-state index contributed by atoms with van der Waals surface area (Å²) in [5.74, 6) is -0.184. The van der Waals surface area contributed by atoms with E-state index >= 15 is 0 Å². The van der Waals surface area contributed by atoms with Gasteiger partial charge in [0.25, 0.3) is 0 Å². The summed E-state index contributed by atoms with van der Waals surface area (Å²) in [5, 5.41) is 6.40. The number of amides is 2. The van der Waals surface area contributed by atoms with Crippen LogP contribution in [-0.2, 0) is 16.0 Å². The molecule has 1 aliphatic rings. The summed E-state index contributed by atoms with van der Waals surface area (Å²) in [4.78, 5) is 31.0. The van der Waals surface area contributed by atoms with E-state index in [-0.39, 0.29) is 36.1 Å². The SMILES string of the molecule is O=C(Nc1ccccc1F)[C@H]1CSCN1C(=O)CCc1nc(-c2ccc(F)cc2)no1. The monoisotopic (exact) mass is 444 g/mol. The van der Waals surface area contributed by atoms with Crippen LogP contribution in [0.1, 0.15) is 12.3 Å². The van der Waals surface area contributed by atoms with Crippen molar-refractivity contribution in [3.8, 4) is 11.4 Å². The van der Waals surface area contributed by atoms with Crippen LogP contribution < -0.4 is 5.32 Å². The topological polar surface area (TPSA) is 88.3 Å². The van der Waals surface area contributed by atoms with Crippen molar-refractivity contribution in [2.75, 3.05) is 16.9 Å². The van der Waals surface area contributed by atoms with Gasteiger partial charge in [-0.1, -0.05) is 17.3 Å². The van der Waals surface area contributed by atoms with Crippen molar-refractivity contribution in [2.45, 2.75) is 18.9 Å². The van der Waals surface area contributed by atoms with E-state index in [1.165, 1.54) is 59.1 Å². The molecule has 1 fully saturated rings. The first-order valence-corrected chi connectivity index (χ1v) is 10.7. The summed E-state index contributed by atoms with van der Waals surface area (Å²) >= 11 is 1.45. The Bertz CT molecular complexity index is 1090. The number of para-hydroxylation sites is 1.